The zero-order valence-corrected chi connectivity index (χ0v) is 7.71. The van der Waals surface area contributed by atoms with Crippen molar-refractivity contribution < 1.29 is 0 Å². The van der Waals surface area contributed by atoms with Crippen molar-refractivity contribution in [2.75, 3.05) is 11.5 Å². The van der Waals surface area contributed by atoms with Crippen LogP contribution in [0.1, 0.15) is 0 Å². The number of nitrogens with two attached hydrogens (primary N) is 2. The van der Waals surface area contributed by atoms with Crippen LogP contribution in [0.3, 0.4) is 0 Å². The molecule has 2 aromatic rings. The molecule has 1 aromatic carbocycles. The Kier molecular flexibility index (Phi) is 2.58. The van der Waals surface area contributed by atoms with Crippen molar-refractivity contribution in [3.8, 4) is 0 Å². The third-order valence-electron chi connectivity index (χ3n) is 1.86. The van der Waals surface area contributed by atoms with Crippen molar-refractivity contribution in [2.45, 2.75) is 0 Å². The highest BCUT2D eigenvalue weighted by atomic mass is 35.5. The van der Waals surface area contributed by atoms with Crippen LogP contribution in [0.15, 0.2) is 30.5 Å². The maximum atomic E-state index is 5.75. The second-order valence-corrected chi connectivity index (χ2v) is 2.64. The fraction of sp³-hybridized carbons (Fsp3) is 0. The van der Waals surface area contributed by atoms with E-state index in [9.17, 15) is 0 Å². The van der Waals surface area contributed by atoms with Gasteiger partial charge in [0.15, 0.2) is 0 Å². The summed E-state index contributed by atoms with van der Waals surface area (Å²) in [4.78, 5) is 4.15. The normalized spacial score (nSPS) is 9.54. The molecular weight excluding hydrogens is 186 g/mol. The van der Waals surface area contributed by atoms with Gasteiger partial charge in [-0.05, 0) is 24.3 Å². The van der Waals surface area contributed by atoms with Crippen LogP contribution in [0.4, 0.5) is 11.4 Å². The van der Waals surface area contributed by atoms with Crippen LogP contribution >= 0.6 is 12.4 Å². The van der Waals surface area contributed by atoms with Crippen LogP contribution in [0, 0.1) is 0 Å². The minimum atomic E-state index is 0. The summed E-state index contributed by atoms with van der Waals surface area (Å²) in [5, 5.41) is 0.914. The fourth-order valence-corrected chi connectivity index (χ4v) is 1.19. The molecule has 0 unspecified atom stereocenters. The van der Waals surface area contributed by atoms with E-state index in [0.29, 0.717) is 11.4 Å². The van der Waals surface area contributed by atoms with Crippen molar-refractivity contribution in [1.29, 1.82) is 0 Å². The Labute approximate surface area is 82.2 Å². The molecule has 1 aromatic heterocycles. The quantitative estimate of drug-likeness (QED) is 0.631. The van der Waals surface area contributed by atoms with Gasteiger partial charge >= 0.3 is 0 Å². The molecule has 2 rings (SSSR count). The van der Waals surface area contributed by atoms with Gasteiger partial charge in [0.25, 0.3) is 0 Å². The second kappa shape index (κ2) is 3.49. The van der Waals surface area contributed by atoms with E-state index in [4.69, 9.17) is 11.5 Å². The van der Waals surface area contributed by atoms with Gasteiger partial charge in [0, 0.05) is 11.6 Å². The van der Waals surface area contributed by atoms with Gasteiger partial charge in [-0.15, -0.1) is 12.4 Å². The maximum absolute atomic E-state index is 5.75. The van der Waals surface area contributed by atoms with Gasteiger partial charge in [-0.25, -0.2) is 0 Å². The summed E-state index contributed by atoms with van der Waals surface area (Å²) in [5.74, 6) is 0. The summed E-state index contributed by atoms with van der Waals surface area (Å²) < 4.78 is 0. The minimum Gasteiger partial charge on any atom is -0.397 e. The van der Waals surface area contributed by atoms with E-state index in [0.717, 1.165) is 10.9 Å². The van der Waals surface area contributed by atoms with E-state index < -0.39 is 0 Å². The van der Waals surface area contributed by atoms with Crippen LogP contribution in [-0.2, 0) is 0 Å². The monoisotopic (exact) mass is 195 g/mol. The standard InChI is InChI=1S/C9H9N3.ClH/c10-7-3-4-8-6(9(7)11)2-1-5-12-8;/h1-5H,10-11H2;1H. The number of nitrogens with zero attached hydrogens (tertiary/aromatic N) is 1. The van der Waals surface area contributed by atoms with Crippen molar-refractivity contribution in [1.82, 2.24) is 4.98 Å². The molecule has 0 radical (unpaired) electrons. The lowest BCUT2D eigenvalue weighted by atomic mass is 10.1. The number of pyridine rings is 1. The fourth-order valence-electron chi connectivity index (χ4n) is 1.19. The molecular formula is C9H10ClN3. The molecule has 0 amide bonds. The molecule has 68 valence electrons. The van der Waals surface area contributed by atoms with Crippen LogP contribution in [0.25, 0.3) is 10.9 Å². The lowest BCUT2D eigenvalue weighted by Gasteiger charge is -2.02. The van der Waals surface area contributed by atoms with E-state index in [-0.39, 0.29) is 12.4 Å². The molecule has 0 aliphatic heterocycles. The molecule has 13 heavy (non-hydrogen) atoms. The minimum absolute atomic E-state index is 0. The highest BCUT2D eigenvalue weighted by Gasteiger charge is 1.99. The van der Waals surface area contributed by atoms with Crippen molar-refractivity contribution in [3.05, 3.63) is 30.5 Å². The molecule has 4 heteroatoms. The molecule has 0 fully saturated rings. The molecule has 0 aliphatic rings. The van der Waals surface area contributed by atoms with E-state index in [2.05, 4.69) is 4.98 Å². The van der Waals surface area contributed by atoms with Crippen LogP contribution in [0.5, 0.6) is 0 Å². The van der Waals surface area contributed by atoms with E-state index in [1.807, 2.05) is 18.2 Å². The number of aromatic nitrogens is 1. The summed E-state index contributed by atoms with van der Waals surface area (Å²) >= 11 is 0. The average molecular weight is 196 g/mol. The number of benzene rings is 1. The van der Waals surface area contributed by atoms with Gasteiger partial charge in [0.2, 0.25) is 0 Å². The van der Waals surface area contributed by atoms with Crippen LogP contribution in [-0.4, -0.2) is 4.98 Å². The summed E-state index contributed by atoms with van der Waals surface area (Å²) in [6, 6.07) is 7.39. The largest absolute Gasteiger partial charge is 0.397 e. The predicted molar refractivity (Wildman–Crippen MR) is 57.8 cm³/mol. The molecule has 0 bridgehead atoms. The van der Waals surface area contributed by atoms with Gasteiger partial charge < -0.3 is 11.5 Å². The molecule has 0 saturated carbocycles. The summed E-state index contributed by atoms with van der Waals surface area (Å²) in [7, 11) is 0. The summed E-state index contributed by atoms with van der Waals surface area (Å²) in [5.41, 5.74) is 13.5. The molecule has 0 atom stereocenters. The number of fused-ring (bicyclic) bond motifs is 1. The van der Waals surface area contributed by atoms with E-state index in [1.54, 1.807) is 12.3 Å². The highest BCUT2D eigenvalue weighted by Crippen LogP contribution is 2.24. The Morgan fingerprint density at radius 3 is 2.62 bits per heavy atom. The van der Waals surface area contributed by atoms with Crippen LogP contribution in [0.2, 0.25) is 0 Å². The first-order valence-electron chi connectivity index (χ1n) is 3.68. The maximum Gasteiger partial charge on any atom is 0.0724 e. The SMILES string of the molecule is Cl.Nc1ccc2ncccc2c1N. The van der Waals surface area contributed by atoms with Gasteiger partial charge in [-0.2, -0.15) is 0 Å². The molecule has 4 N–H and O–H groups in total. The summed E-state index contributed by atoms with van der Waals surface area (Å²) in [6.07, 6.45) is 1.73. The van der Waals surface area contributed by atoms with Crippen molar-refractivity contribution in [2.24, 2.45) is 0 Å². The van der Waals surface area contributed by atoms with Gasteiger partial charge in [-0.1, -0.05) is 0 Å². The second-order valence-electron chi connectivity index (χ2n) is 2.64. The number of hydrogen-bond acceptors (Lipinski definition) is 3. The molecule has 1 heterocycles. The molecule has 0 saturated heterocycles. The Bertz CT molecular complexity index is 428. The molecule has 3 nitrogen and oxygen atoms in total. The van der Waals surface area contributed by atoms with Crippen LogP contribution < -0.4 is 11.5 Å². The van der Waals surface area contributed by atoms with Gasteiger partial charge in [0.1, 0.15) is 0 Å². The zero-order chi connectivity index (χ0) is 8.55. The smallest absolute Gasteiger partial charge is 0.0724 e. The number of anilines is 2. The topological polar surface area (TPSA) is 64.9 Å². The van der Waals surface area contributed by atoms with E-state index >= 15 is 0 Å². The van der Waals surface area contributed by atoms with E-state index in [1.165, 1.54) is 0 Å². The predicted octanol–water partition coefficient (Wildman–Crippen LogP) is 1.82. The van der Waals surface area contributed by atoms with Crippen molar-refractivity contribution >= 4 is 34.7 Å². The molecule has 0 aliphatic carbocycles. The Hall–Kier alpha value is -1.48. The average Bonchev–Trinajstić information content (AvgIpc) is 2.12. The Balaban J connectivity index is 0.000000845. The number of halogens is 1. The number of hydrogen-bond donors (Lipinski definition) is 2. The van der Waals surface area contributed by atoms with Gasteiger partial charge in [0.05, 0.1) is 16.9 Å². The van der Waals surface area contributed by atoms with Crippen molar-refractivity contribution in [3.63, 3.8) is 0 Å². The first kappa shape index (κ1) is 9.61. The third-order valence-corrected chi connectivity index (χ3v) is 1.86. The first-order chi connectivity index (χ1) is 5.79. The first-order valence-corrected chi connectivity index (χ1v) is 3.68. The Morgan fingerprint density at radius 1 is 1.08 bits per heavy atom. The Morgan fingerprint density at radius 2 is 1.85 bits per heavy atom. The number of rotatable bonds is 0. The van der Waals surface area contributed by atoms with Gasteiger partial charge in [-0.3, -0.25) is 4.98 Å². The summed E-state index contributed by atoms with van der Waals surface area (Å²) in [6.45, 7) is 0. The lowest BCUT2D eigenvalue weighted by Crippen LogP contribution is -1.95. The number of nitrogen functional groups attached to an aromatic ring is 2. The molecule has 0 spiro atoms. The lowest BCUT2D eigenvalue weighted by molar-refractivity contribution is 1.41. The highest BCUT2D eigenvalue weighted by molar-refractivity contribution is 5.95. The zero-order valence-electron chi connectivity index (χ0n) is 6.90. The third kappa shape index (κ3) is 1.51.